The number of rotatable bonds is 4. The zero-order valence-corrected chi connectivity index (χ0v) is 17.3. The number of aryl methyl sites for hydroxylation is 2. The molecule has 4 nitrogen and oxygen atoms in total. The van der Waals surface area contributed by atoms with Gasteiger partial charge in [0, 0.05) is 24.5 Å². The Hall–Kier alpha value is -2.33. The van der Waals surface area contributed by atoms with Gasteiger partial charge in [-0.15, -0.1) is 0 Å². The van der Waals surface area contributed by atoms with Crippen molar-refractivity contribution in [2.45, 2.75) is 58.2 Å². The lowest BCUT2D eigenvalue weighted by molar-refractivity contribution is -0.118. The fraction of sp³-hybridized carbons (Fsp3) is 0.458. The molecule has 2 aromatic carbocycles. The van der Waals surface area contributed by atoms with E-state index in [1.807, 2.05) is 12.1 Å². The highest BCUT2D eigenvalue weighted by molar-refractivity contribution is 6.01. The molecule has 28 heavy (non-hydrogen) atoms. The first kappa shape index (κ1) is 19.0. The van der Waals surface area contributed by atoms with E-state index in [0.717, 1.165) is 37.2 Å². The van der Waals surface area contributed by atoms with E-state index in [1.165, 1.54) is 16.8 Å². The molecule has 0 aromatic heterocycles. The maximum Gasteiger partial charge on any atom is 0.235 e. The molecule has 1 aliphatic carbocycles. The van der Waals surface area contributed by atoms with E-state index in [2.05, 4.69) is 68.2 Å². The summed E-state index contributed by atoms with van der Waals surface area (Å²) < 4.78 is 5.82. The van der Waals surface area contributed by atoms with Crippen molar-refractivity contribution in [2.75, 3.05) is 23.3 Å². The van der Waals surface area contributed by atoms with Gasteiger partial charge in [-0.2, -0.15) is 0 Å². The average molecular weight is 379 g/mol. The second-order valence-corrected chi connectivity index (χ2v) is 8.62. The summed E-state index contributed by atoms with van der Waals surface area (Å²) in [6.07, 6.45) is 2.30. The van der Waals surface area contributed by atoms with Crippen molar-refractivity contribution in [1.29, 1.82) is 0 Å². The highest BCUT2D eigenvalue weighted by atomic mass is 16.5. The highest BCUT2D eigenvalue weighted by Crippen LogP contribution is 2.49. The number of benzene rings is 2. The van der Waals surface area contributed by atoms with Crippen LogP contribution in [-0.2, 0) is 14.9 Å². The van der Waals surface area contributed by atoms with Crippen molar-refractivity contribution in [2.24, 2.45) is 0 Å². The average Bonchev–Trinajstić information content (AvgIpc) is 3.43. The first-order chi connectivity index (χ1) is 13.4. The van der Waals surface area contributed by atoms with Crippen molar-refractivity contribution in [3.63, 3.8) is 0 Å². The summed E-state index contributed by atoms with van der Waals surface area (Å²) in [6, 6.07) is 14.7. The topological polar surface area (TPSA) is 41.6 Å². The predicted molar refractivity (Wildman–Crippen MR) is 114 cm³/mol. The van der Waals surface area contributed by atoms with Crippen LogP contribution < -0.4 is 10.2 Å². The van der Waals surface area contributed by atoms with Gasteiger partial charge in [-0.1, -0.05) is 29.3 Å². The summed E-state index contributed by atoms with van der Waals surface area (Å²) in [6.45, 7) is 10.2. The third-order valence-corrected chi connectivity index (χ3v) is 5.87. The summed E-state index contributed by atoms with van der Waals surface area (Å²) in [5.74, 6) is 0.110. The van der Waals surface area contributed by atoms with E-state index in [0.29, 0.717) is 0 Å². The minimum Gasteiger partial charge on any atom is -0.372 e. The van der Waals surface area contributed by atoms with Crippen LogP contribution in [0.1, 0.15) is 43.4 Å². The zero-order chi connectivity index (χ0) is 19.9. The molecule has 2 fully saturated rings. The lowest BCUT2D eigenvalue weighted by Gasteiger charge is -2.36. The largest absolute Gasteiger partial charge is 0.372 e. The van der Waals surface area contributed by atoms with Crippen LogP contribution in [0.5, 0.6) is 0 Å². The molecule has 1 aliphatic heterocycles. The van der Waals surface area contributed by atoms with Crippen LogP contribution in [-0.4, -0.2) is 31.2 Å². The molecule has 1 saturated carbocycles. The Morgan fingerprint density at radius 2 is 1.57 bits per heavy atom. The summed E-state index contributed by atoms with van der Waals surface area (Å²) in [5.41, 5.74) is 5.26. The molecule has 1 amide bonds. The Labute approximate surface area is 167 Å². The molecule has 2 unspecified atom stereocenters. The van der Waals surface area contributed by atoms with Gasteiger partial charge in [0.1, 0.15) is 0 Å². The standard InChI is InChI=1S/C24H30N2O2/c1-16-11-17(2)13-20(12-16)24(9-10-24)23(27)25-21-5-7-22(8-6-21)26-14-18(3)28-19(4)15-26/h5-8,11-13,18-19H,9-10,14-15H2,1-4H3,(H,25,27). The van der Waals surface area contributed by atoms with Crippen molar-refractivity contribution < 1.29 is 9.53 Å². The Balaban J connectivity index is 1.46. The normalized spacial score (nSPS) is 23.4. The van der Waals surface area contributed by atoms with Gasteiger partial charge in [-0.3, -0.25) is 4.79 Å². The number of nitrogens with zero attached hydrogens (tertiary/aromatic N) is 1. The molecule has 1 saturated heterocycles. The summed E-state index contributed by atoms with van der Waals surface area (Å²) in [5, 5.41) is 3.15. The Morgan fingerprint density at radius 1 is 1.00 bits per heavy atom. The van der Waals surface area contributed by atoms with Crippen LogP contribution in [0, 0.1) is 13.8 Å². The molecule has 0 bridgehead atoms. The van der Waals surface area contributed by atoms with Gasteiger partial charge in [0.15, 0.2) is 0 Å². The van der Waals surface area contributed by atoms with E-state index < -0.39 is 0 Å². The van der Waals surface area contributed by atoms with Crippen LogP contribution in [0.2, 0.25) is 0 Å². The number of anilines is 2. The first-order valence-corrected chi connectivity index (χ1v) is 10.3. The van der Waals surface area contributed by atoms with Gasteiger partial charge in [-0.25, -0.2) is 0 Å². The fourth-order valence-electron chi connectivity index (χ4n) is 4.42. The van der Waals surface area contributed by atoms with Crippen molar-refractivity contribution in [1.82, 2.24) is 0 Å². The number of amides is 1. The SMILES string of the molecule is Cc1cc(C)cc(C2(C(=O)Nc3ccc(N4CC(C)OC(C)C4)cc3)CC2)c1. The fourth-order valence-corrected chi connectivity index (χ4v) is 4.42. The predicted octanol–water partition coefficient (Wildman–Crippen LogP) is 4.59. The first-order valence-electron chi connectivity index (χ1n) is 10.3. The second kappa shape index (κ2) is 7.25. The summed E-state index contributed by atoms with van der Waals surface area (Å²) >= 11 is 0. The number of carbonyl (C=O) groups excluding carboxylic acids is 1. The van der Waals surface area contributed by atoms with E-state index in [-0.39, 0.29) is 23.5 Å². The van der Waals surface area contributed by atoms with Crippen LogP contribution in [0.3, 0.4) is 0 Å². The van der Waals surface area contributed by atoms with Crippen LogP contribution in [0.15, 0.2) is 42.5 Å². The molecule has 1 N–H and O–H groups in total. The van der Waals surface area contributed by atoms with Crippen molar-refractivity contribution in [3.05, 3.63) is 59.2 Å². The van der Waals surface area contributed by atoms with Gasteiger partial charge >= 0.3 is 0 Å². The highest BCUT2D eigenvalue weighted by Gasteiger charge is 2.51. The molecule has 2 aromatic rings. The smallest absolute Gasteiger partial charge is 0.235 e. The summed E-state index contributed by atoms with van der Waals surface area (Å²) in [4.78, 5) is 15.4. The molecule has 148 valence electrons. The third-order valence-electron chi connectivity index (χ3n) is 5.87. The molecule has 2 aliphatic rings. The lowest BCUT2D eigenvalue weighted by Crippen LogP contribution is -2.45. The number of hydrogen-bond donors (Lipinski definition) is 1. The minimum absolute atomic E-state index is 0.110. The maximum absolute atomic E-state index is 13.1. The summed E-state index contributed by atoms with van der Waals surface area (Å²) in [7, 11) is 0. The van der Waals surface area contributed by atoms with Crippen LogP contribution >= 0.6 is 0 Å². The number of hydrogen-bond acceptors (Lipinski definition) is 3. The van der Waals surface area contributed by atoms with E-state index in [1.54, 1.807) is 0 Å². The van der Waals surface area contributed by atoms with Gasteiger partial charge in [0.2, 0.25) is 5.91 Å². The number of morpholine rings is 1. The molecular weight excluding hydrogens is 348 g/mol. The van der Waals surface area contributed by atoms with E-state index in [9.17, 15) is 4.79 Å². The molecule has 2 atom stereocenters. The zero-order valence-electron chi connectivity index (χ0n) is 17.3. The number of nitrogens with one attached hydrogen (secondary N) is 1. The lowest BCUT2D eigenvalue weighted by atomic mass is 9.92. The Bertz CT molecular complexity index is 840. The number of ether oxygens (including phenoxy) is 1. The van der Waals surface area contributed by atoms with Gasteiger partial charge in [0.25, 0.3) is 0 Å². The molecule has 4 rings (SSSR count). The molecule has 4 heteroatoms. The quantitative estimate of drug-likeness (QED) is 0.846. The van der Waals surface area contributed by atoms with Gasteiger partial charge in [0.05, 0.1) is 17.6 Å². The van der Waals surface area contributed by atoms with Crippen LogP contribution in [0.4, 0.5) is 11.4 Å². The van der Waals surface area contributed by atoms with E-state index in [4.69, 9.17) is 4.74 Å². The molecular formula is C24H30N2O2. The van der Waals surface area contributed by atoms with Gasteiger partial charge < -0.3 is 15.0 Å². The number of carbonyl (C=O) groups is 1. The molecule has 0 spiro atoms. The monoisotopic (exact) mass is 378 g/mol. The van der Waals surface area contributed by atoms with Crippen LogP contribution in [0.25, 0.3) is 0 Å². The Kier molecular flexibility index (Phi) is 4.92. The molecule has 0 radical (unpaired) electrons. The maximum atomic E-state index is 13.1. The van der Waals surface area contributed by atoms with Crippen molar-refractivity contribution >= 4 is 17.3 Å². The van der Waals surface area contributed by atoms with Crippen molar-refractivity contribution in [3.8, 4) is 0 Å². The molecule has 1 heterocycles. The Morgan fingerprint density at radius 3 is 2.11 bits per heavy atom. The minimum atomic E-state index is -0.357. The van der Waals surface area contributed by atoms with E-state index >= 15 is 0 Å². The second-order valence-electron chi connectivity index (χ2n) is 8.62. The van der Waals surface area contributed by atoms with Gasteiger partial charge in [-0.05, 0) is 70.4 Å². The third kappa shape index (κ3) is 3.79.